The Hall–Kier alpha value is -1.16. The lowest BCUT2D eigenvalue weighted by molar-refractivity contribution is 0.271. The summed E-state index contributed by atoms with van der Waals surface area (Å²) in [6.45, 7) is 4.02. The Kier molecular flexibility index (Phi) is 3.64. The largest absolute Gasteiger partial charge is 0.394 e. The van der Waals surface area contributed by atoms with Gasteiger partial charge in [-0.1, -0.05) is 6.92 Å². The lowest BCUT2D eigenvalue weighted by atomic mass is 10.2. The molecule has 4 heteroatoms. The van der Waals surface area contributed by atoms with Crippen molar-refractivity contribution in [1.29, 1.82) is 0 Å². The second-order valence-corrected chi connectivity index (χ2v) is 2.95. The maximum Gasteiger partial charge on any atom is 0.223 e. The first-order valence-corrected chi connectivity index (χ1v) is 4.43. The van der Waals surface area contributed by atoms with Gasteiger partial charge in [0.05, 0.1) is 12.6 Å². The summed E-state index contributed by atoms with van der Waals surface area (Å²) in [7, 11) is 0. The SMILES string of the molecule is CCC(CO)Nc1nccc(C)n1. The number of aromatic nitrogens is 2. The van der Waals surface area contributed by atoms with Crippen LogP contribution in [0.1, 0.15) is 19.0 Å². The van der Waals surface area contributed by atoms with Crippen molar-refractivity contribution in [3.8, 4) is 0 Å². The average molecular weight is 181 g/mol. The van der Waals surface area contributed by atoms with E-state index in [0.29, 0.717) is 5.95 Å². The summed E-state index contributed by atoms with van der Waals surface area (Å²) < 4.78 is 0. The zero-order valence-corrected chi connectivity index (χ0v) is 7.99. The van der Waals surface area contributed by atoms with E-state index in [4.69, 9.17) is 5.11 Å². The van der Waals surface area contributed by atoms with Gasteiger partial charge in [0.25, 0.3) is 0 Å². The Morgan fingerprint density at radius 1 is 1.62 bits per heavy atom. The molecule has 13 heavy (non-hydrogen) atoms. The summed E-state index contributed by atoms with van der Waals surface area (Å²) in [4.78, 5) is 8.22. The number of aliphatic hydroxyl groups is 1. The topological polar surface area (TPSA) is 58.0 Å². The van der Waals surface area contributed by atoms with Gasteiger partial charge < -0.3 is 10.4 Å². The zero-order valence-electron chi connectivity index (χ0n) is 7.99. The third-order valence-electron chi connectivity index (χ3n) is 1.84. The third-order valence-corrected chi connectivity index (χ3v) is 1.84. The van der Waals surface area contributed by atoms with Gasteiger partial charge in [0, 0.05) is 11.9 Å². The van der Waals surface area contributed by atoms with E-state index in [-0.39, 0.29) is 12.6 Å². The van der Waals surface area contributed by atoms with Crippen LogP contribution in [0.4, 0.5) is 5.95 Å². The maximum absolute atomic E-state index is 8.94. The zero-order chi connectivity index (χ0) is 9.68. The van der Waals surface area contributed by atoms with Crippen LogP contribution in [0.2, 0.25) is 0 Å². The quantitative estimate of drug-likeness (QED) is 0.726. The molecule has 1 heterocycles. The molecular formula is C9H15N3O. The minimum Gasteiger partial charge on any atom is -0.394 e. The summed E-state index contributed by atoms with van der Waals surface area (Å²) in [5, 5.41) is 12.0. The van der Waals surface area contributed by atoms with Crippen molar-refractivity contribution in [1.82, 2.24) is 9.97 Å². The van der Waals surface area contributed by atoms with Crippen LogP contribution in [0, 0.1) is 6.92 Å². The molecule has 1 rings (SSSR count). The Labute approximate surface area is 78.0 Å². The molecule has 0 amide bonds. The van der Waals surface area contributed by atoms with Gasteiger partial charge >= 0.3 is 0 Å². The molecule has 1 unspecified atom stereocenters. The van der Waals surface area contributed by atoms with Crippen LogP contribution in [0.3, 0.4) is 0 Å². The normalized spacial score (nSPS) is 12.5. The number of nitrogens with zero attached hydrogens (tertiary/aromatic N) is 2. The standard InChI is InChI=1S/C9H15N3O/c1-3-8(6-13)12-9-10-5-4-7(2)11-9/h4-5,8,13H,3,6H2,1-2H3,(H,10,11,12). The lowest BCUT2D eigenvalue weighted by Gasteiger charge is -2.13. The molecule has 2 N–H and O–H groups in total. The number of anilines is 1. The smallest absolute Gasteiger partial charge is 0.223 e. The highest BCUT2D eigenvalue weighted by molar-refractivity contribution is 5.26. The first-order valence-electron chi connectivity index (χ1n) is 4.43. The monoisotopic (exact) mass is 181 g/mol. The molecule has 0 saturated carbocycles. The molecule has 0 aliphatic carbocycles. The van der Waals surface area contributed by atoms with Crippen LogP contribution >= 0.6 is 0 Å². The van der Waals surface area contributed by atoms with Gasteiger partial charge in [-0.15, -0.1) is 0 Å². The summed E-state index contributed by atoms with van der Waals surface area (Å²) in [6.07, 6.45) is 2.56. The molecule has 0 radical (unpaired) electrons. The summed E-state index contributed by atoms with van der Waals surface area (Å²) in [5.41, 5.74) is 0.922. The average Bonchev–Trinajstić information content (AvgIpc) is 2.14. The first-order chi connectivity index (χ1) is 6.26. The second-order valence-electron chi connectivity index (χ2n) is 2.95. The van der Waals surface area contributed by atoms with Crippen LogP contribution in [0.5, 0.6) is 0 Å². The summed E-state index contributed by atoms with van der Waals surface area (Å²) >= 11 is 0. The first kappa shape index (κ1) is 9.92. The molecule has 0 spiro atoms. The third kappa shape index (κ3) is 2.99. The predicted octanol–water partition coefficient (Wildman–Crippen LogP) is 0.968. The van der Waals surface area contributed by atoms with Gasteiger partial charge in [-0.3, -0.25) is 0 Å². The van der Waals surface area contributed by atoms with Gasteiger partial charge in [0.15, 0.2) is 0 Å². The van der Waals surface area contributed by atoms with E-state index >= 15 is 0 Å². The number of rotatable bonds is 4. The molecule has 0 bridgehead atoms. The molecule has 0 saturated heterocycles. The molecule has 72 valence electrons. The molecule has 0 aliphatic heterocycles. The fourth-order valence-corrected chi connectivity index (χ4v) is 0.978. The van der Waals surface area contributed by atoms with Crippen molar-refractivity contribution >= 4 is 5.95 Å². The van der Waals surface area contributed by atoms with E-state index in [1.54, 1.807) is 6.20 Å². The van der Waals surface area contributed by atoms with Crippen molar-refractivity contribution in [2.24, 2.45) is 0 Å². The fourth-order valence-electron chi connectivity index (χ4n) is 0.978. The summed E-state index contributed by atoms with van der Waals surface area (Å²) in [6, 6.07) is 1.88. The Balaban J connectivity index is 2.62. The van der Waals surface area contributed by atoms with E-state index < -0.39 is 0 Å². The number of aliphatic hydroxyl groups excluding tert-OH is 1. The maximum atomic E-state index is 8.94. The van der Waals surface area contributed by atoms with E-state index in [0.717, 1.165) is 12.1 Å². The van der Waals surface area contributed by atoms with Crippen LogP contribution in [-0.2, 0) is 0 Å². The van der Waals surface area contributed by atoms with Gasteiger partial charge in [0.1, 0.15) is 0 Å². The van der Waals surface area contributed by atoms with Crippen molar-refractivity contribution < 1.29 is 5.11 Å². The van der Waals surface area contributed by atoms with Crippen LogP contribution < -0.4 is 5.32 Å². The van der Waals surface area contributed by atoms with Crippen molar-refractivity contribution in [2.45, 2.75) is 26.3 Å². The highest BCUT2D eigenvalue weighted by Gasteiger charge is 2.05. The van der Waals surface area contributed by atoms with Crippen LogP contribution in [0.25, 0.3) is 0 Å². The van der Waals surface area contributed by atoms with Crippen LogP contribution in [0.15, 0.2) is 12.3 Å². The van der Waals surface area contributed by atoms with Gasteiger partial charge in [-0.05, 0) is 19.4 Å². The van der Waals surface area contributed by atoms with Gasteiger partial charge in [0.2, 0.25) is 5.95 Å². The predicted molar refractivity (Wildman–Crippen MR) is 51.6 cm³/mol. The molecular weight excluding hydrogens is 166 g/mol. The van der Waals surface area contributed by atoms with Crippen molar-refractivity contribution in [3.05, 3.63) is 18.0 Å². The van der Waals surface area contributed by atoms with Gasteiger partial charge in [-0.25, -0.2) is 9.97 Å². The molecule has 0 fully saturated rings. The minimum atomic E-state index is 0.0433. The molecule has 1 aromatic heterocycles. The van der Waals surface area contributed by atoms with E-state index in [1.165, 1.54) is 0 Å². The Bertz CT molecular complexity index is 261. The number of hydrogen-bond acceptors (Lipinski definition) is 4. The molecule has 1 atom stereocenters. The highest BCUT2D eigenvalue weighted by atomic mass is 16.3. The van der Waals surface area contributed by atoms with Crippen molar-refractivity contribution in [2.75, 3.05) is 11.9 Å². The summed E-state index contributed by atoms with van der Waals surface area (Å²) in [5.74, 6) is 0.584. The Morgan fingerprint density at radius 3 is 2.92 bits per heavy atom. The second kappa shape index (κ2) is 4.77. The fraction of sp³-hybridized carbons (Fsp3) is 0.556. The number of aryl methyl sites for hydroxylation is 1. The number of hydrogen-bond donors (Lipinski definition) is 2. The minimum absolute atomic E-state index is 0.0433. The molecule has 0 aromatic carbocycles. The molecule has 0 aliphatic rings. The van der Waals surface area contributed by atoms with Gasteiger partial charge in [-0.2, -0.15) is 0 Å². The van der Waals surface area contributed by atoms with E-state index in [9.17, 15) is 0 Å². The van der Waals surface area contributed by atoms with Crippen molar-refractivity contribution in [3.63, 3.8) is 0 Å². The Morgan fingerprint density at radius 2 is 2.38 bits per heavy atom. The van der Waals surface area contributed by atoms with Crippen LogP contribution in [-0.4, -0.2) is 27.7 Å². The lowest BCUT2D eigenvalue weighted by Crippen LogP contribution is -2.23. The highest BCUT2D eigenvalue weighted by Crippen LogP contribution is 2.02. The van der Waals surface area contributed by atoms with E-state index in [2.05, 4.69) is 15.3 Å². The number of nitrogens with one attached hydrogen (secondary N) is 1. The molecule has 4 nitrogen and oxygen atoms in total. The molecule has 1 aromatic rings. The van der Waals surface area contributed by atoms with E-state index in [1.807, 2.05) is 19.9 Å².